The molecule has 0 bridgehead atoms. The van der Waals surface area contributed by atoms with E-state index in [2.05, 4.69) is 22.6 Å². The number of nitrogens with zero attached hydrogens (tertiary/aromatic N) is 2. The number of halogens is 2. The van der Waals surface area contributed by atoms with E-state index in [0.29, 0.717) is 31.8 Å². The minimum Gasteiger partial charge on any atom is -0.493 e. The van der Waals surface area contributed by atoms with Crippen molar-refractivity contribution in [2.45, 2.75) is 13.2 Å². The van der Waals surface area contributed by atoms with Crippen LogP contribution in [0.25, 0.3) is 6.08 Å². The lowest BCUT2D eigenvalue weighted by molar-refractivity contribution is -0.384. The third kappa shape index (κ3) is 5.68. The molecule has 184 valence electrons. The number of rotatable bonds is 8. The summed E-state index contributed by atoms with van der Waals surface area (Å²) in [6, 6.07) is 15.4. The number of hydrogen-bond donors (Lipinski definition) is 0. The molecule has 0 spiro atoms. The topological polar surface area (TPSA) is 99.0 Å². The maximum absolute atomic E-state index is 13.9. The molecule has 1 saturated heterocycles. The van der Waals surface area contributed by atoms with E-state index in [1.54, 1.807) is 36.4 Å². The molecule has 0 saturated carbocycles. The Morgan fingerprint density at radius 2 is 1.86 bits per heavy atom. The van der Waals surface area contributed by atoms with E-state index in [1.807, 2.05) is 0 Å². The fourth-order valence-corrected chi connectivity index (χ4v) is 5.04. The smallest absolute Gasteiger partial charge is 0.293 e. The molecule has 3 aromatic rings. The van der Waals surface area contributed by atoms with Gasteiger partial charge in [0.15, 0.2) is 11.5 Å². The highest BCUT2D eigenvalue weighted by Gasteiger charge is 2.35. The Bertz CT molecular complexity index is 1380. The van der Waals surface area contributed by atoms with Crippen LogP contribution >= 0.6 is 34.4 Å². The molecule has 0 radical (unpaired) electrons. The van der Waals surface area contributed by atoms with Gasteiger partial charge in [-0.15, -0.1) is 0 Å². The largest absolute Gasteiger partial charge is 0.493 e. The number of thioether (sulfide) groups is 1. The highest BCUT2D eigenvalue weighted by Crippen LogP contribution is 2.38. The molecule has 0 unspecified atom stereocenters. The van der Waals surface area contributed by atoms with E-state index in [-0.39, 0.29) is 29.6 Å². The third-order valence-corrected chi connectivity index (χ3v) is 6.95. The fourth-order valence-electron chi connectivity index (χ4n) is 3.42. The summed E-state index contributed by atoms with van der Waals surface area (Å²) in [7, 11) is 1.48. The highest BCUT2D eigenvalue weighted by atomic mass is 127. The van der Waals surface area contributed by atoms with Crippen molar-refractivity contribution >= 4 is 57.3 Å². The molecule has 4 rings (SSSR count). The van der Waals surface area contributed by atoms with Crippen LogP contribution in [0.5, 0.6) is 11.5 Å². The van der Waals surface area contributed by atoms with Gasteiger partial charge in [-0.25, -0.2) is 4.39 Å². The van der Waals surface area contributed by atoms with Gasteiger partial charge in [-0.05, 0) is 69.8 Å². The lowest BCUT2D eigenvalue weighted by atomic mass is 10.1. The summed E-state index contributed by atoms with van der Waals surface area (Å²) in [5.74, 6) is 0.00382. The molecule has 0 atom stereocenters. The molecular weight excluding hydrogens is 602 g/mol. The number of nitro benzene ring substituents is 1. The first kappa shape index (κ1) is 25.6. The van der Waals surface area contributed by atoms with Crippen molar-refractivity contribution in [2.24, 2.45) is 0 Å². The number of non-ortho nitro benzene ring substituents is 1. The van der Waals surface area contributed by atoms with Crippen LogP contribution in [-0.2, 0) is 17.9 Å². The molecule has 0 N–H and O–H groups in total. The van der Waals surface area contributed by atoms with E-state index >= 15 is 0 Å². The molecule has 1 aliphatic rings. The van der Waals surface area contributed by atoms with Crippen LogP contribution in [0.4, 0.5) is 14.9 Å². The van der Waals surface area contributed by atoms with Crippen LogP contribution in [-0.4, -0.2) is 28.1 Å². The molecule has 1 fully saturated rings. The Balaban J connectivity index is 1.52. The number of benzene rings is 3. The van der Waals surface area contributed by atoms with Gasteiger partial charge in [-0.2, -0.15) is 0 Å². The van der Waals surface area contributed by atoms with Crippen molar-refractivity contribution in [1.82, 2.24) is 4.90 Å². The lowest BCUT2D eigenvalue weighted by Gasteiger charge is -2.14. The van der Waals surface area contributed by atoms with Crippen LogP contribution in [0.2, 0.25) is 0 Å². The van der Waals surface area contributed by atoms with Crippen molar-refractivity contribution in [3.05, 3.63) is 102 Å². The van der Waals surface area contributed by atoms with Crippen LogP contribution < -0.4 is 9.47 Å². The summed E-state index contributed by atoms with van der Waals surface area (Å²) in [5, 5.41) is 10.4. The monoisotopic (exact) mass is 620 g/mol. The second-order valence-corrected chi connectivity index (χ2v) is 9.76. The standard InChI is InChI=1S/C25H18FIN2O6S/c1-34-21-11-16(10-20(27)23(21)35-14-17-4-2-3-5-19(17)26)12-22-24(30)28(25(31)36-22)13-15-6-8-18(9-7-15)29(32)33/h2-12H,13-14H2,1H3/b22-12-. The van der Waals surface area contributed by atoms with Gasteiger partial charge in [-0.3, -0.25) is 24.6 Å². The van der Waals surface area contributed by atoms with Gasteiger partial charge in [0.1, 0.15) is 12.4 Å². The van der Waals surface area contributed by atoms with Gasteiger partial charge in [0.25, 0.3) is 16.8 Å². The van der Waals surface area contributed by atoms with E-state index in [0.717, 1.165) is 16.7 Å². The van der Waals surface area contributed by atoms with Crippen LogP contribution in [0.15, 0.2) is 65.6 Å². The molecule has 1 aliphatic heterocycles. The first-order valence-electron chi connectivity index (χ1n) is 10.5. The van der Waals surface area contributed by atoms with Gasteiger partial charge in [0.2, 0.25) is 0 Å². The van der Waals surface area contributed by atoms with Crippen molar-refractivity contribution in [3.63, 3.8) is 0 Å². The van der Waals surface area contributed by atoms with Crippen LogP contribution in [0.1, 0.15) is 16.7 Å². The molecule has 8 nitrogen and oxygen atoms in total. The Morgan fingerprint density at radius 1 is 1.14 bits per heavy atom. The third-order valence-electron chi connectivity index (χ3n) is 5.24. The van der Waals surface area contributed by atoms with Gasteiger partial charge in [-0.1, -0.05) is 30.3 Å². The molecule has 36 heavy (non-hydrogen) atoms. The summed E-state index contributed by atoms with van der Waals surface area (Å²) < 4.78 is 25.9. The van der Waals surface area contributed by atoms with Crippen molar-refractivity contribution < 1.29 is 28.4 Å². The number of imide groups is 1. The first-order valence-corrected chi connectivity index (χ1v) is 12.4. The summed E-state index contributed by atoms with van der Waals surface area (Å²) in [4.78, 5) is 37.0. The molecule has 1 heterocycles. The molecule has 3 aromatic carbocycles. The second kappa shape index (κ2) is 11.1. The zero-order valence-electron chi connectivity index (χ0n) is 18.8. The Hall–Kier alpha value is -3.45. The first-order chi connectivity index (χ1) is 17.3. The predicted octanol–water partition coefficient (Wildman–Crippen LogP) is 6.16. The minimum absolute atomic E-state index is 0.00365. The summed E-state index contributed by atoms with van der Waals surface area (Å²) in [6.45, 7) is 0.0175. The van der Waals surface area contributed by atoms with E-state index in [1.165, 1.54) is 37.4 Å². The predicted molar refractivity (Wildman–Crippen MR) is 141 cm³/mol. The number of carbonyl (C=O) groups is 2. The Labute approximate surface area is 223 Å². The number of hydrogen-bond acceptors (Lipinski definition) is 7. The average molecular weight is 620 g/mol. The summed E-state index contributed by atoms with van der Waals surface area (Å²) in [6.07, 6.45) is 1.59. The van der Waals surface area contributed by atoms with Gasteiger partial charge in [0.05, 0.1) is 27.1 Å². The Morgan fingerprint density at radius 3 is 2.53 bits per heavy atom. The van der Waals surface area contributed by atoms with Gasteiger partial charge in [0, 0.05) is 17.7 Å². The Kier molecular flexibility index (Phi) is 7.89. The average Bonchev–Trinajstić information content (AvgIpc) is 3.11. The van der Waals surface area contributed by atoms with Crippen molar-refractivity contribution in [2.75, 3.05) is 7.11 Å². The molecule has 11 heteroatoms. The molecule has 2 amide bonds. The van der Waals surface area contributed by atoms with Crippen LogP contribution in [0.3, 0.4) is 0 Å². The number of amides is 2. The normalized spacial score (nSPS) is 14.4. The van der Waals surface area contributed by atoms with E-state index < -0.39 is 16.1 Å². The zero-order valence-corrected chi connectivity index (χ0v) is 21.7. The SMILES string of the molecule is COc1cc(/C=C2\SC(=O)N(Cc3ccc([N+](=O)[O-])cc3)C2=O)cc(I)c1OCc1ccccc1F. The number of nitro groups is 1. The molecular formula is C25H18FIN2O6S. The number of carbonyl (C=O) groups excluding carboxylic acids is 2. The zero-order chi connectivity index (χ0) is 25.8. The van der Waals surface area contributed by atoms with E-state index in [4.69, 9.17) is 9.47 Å². The summed E-state index contributed by atoms with van der Waals surface area (Å²) >= 11 is 2.87. The maximum atomic E-state index is 13.9. The highest BCUT2D eigenvalue weighted by molar-refractivity contribution is 14.1. The van der Waals surface area contributed by atoms with Gasteiger partial charge < -0.3 is 9.47 Å². The number of ether oxygens (including phenoxy) is 2. The summed E-state index contributed by atoms with van der Waals surface area (Å²) in [5.41, 5.74) is 1.55. The lowest BCUT2D eigenvalue weighted by Crippen LogP contribution is -2.27. The van der Waals surface area contributed by atoms with Crippen LogP contribution in [0, 0.1) is 19.5 Å². The fraction of sp³-hybridized carbons (Fsp3) is 0.120. The van der Waals surface area contributed by atoms with Gasteiger partial charge >= 0.3 is 0 Å². The second-order valence-electron chi connectivity index (χ2n) is 7.61. The minimum atomic E-state index is -0.515. The number of methoxy groups -OCH3 is 1. The molecule has 0 aromatic heterocycles. The molecule has 0 aliphatic carbocycles. The maximum Gasteiger partial charge on any atom is 0.293 e. The quantitative estimate of drug-likeness (QED) is 0.129. The van der Waals surface area contributed by atoms with Crippen molar-refractivity contribution in [3.8, 4) is 11.5 Å². The van der Waals surface area contributed by atoms with Crippen molar-refractivity contribution in [1.29, 1.82) is 0 Å². The van der Waals surface area contributed by atoms with E-state index in [9.17, 15) is 24.1 Å².